The van der Waals surface area contributed by atoms with Crippen molar-refractivity contribution in [1.29, 1.82) is 0 Å². The van der Waals surface area contributed by atoms with Gasteiger partial charge in [0.1, 0.15) is 29.3 Å². The summed E-state index contributed by atoms with van der Waals surface area (Å²) in [5, 5.41) is 12.2. The van der Waals surface area contributed by atoms with E-state index >= 15 is 0 Å². The highest BCUT2D eigenvalue weighted by Crippen LogP contribution is 2.17. The highest BCUT2D eigenvalue weighted by Gasteiger charge is 2.17. The number of anilines is 1. The van der Waals surface area contributed by atoms with Crippen molar-refractivity contribution in [2.45, 2.75) is 45.9 Å². The molecule has 3 aromatic rings. The van der Waals surface area contributed by atoms with E-state index < -0.39 is 23.6 Å². The second kappa shape index (κ2) is 33.1. The summed E-state index contributed by atoms with van der Waals surface area (Å²) in [6.07, 6.45) is 0.411. The summed E-state index contributed by atoms with van der Waals surface area (Å²) in [7, 11) is 2.65. The van der Waals surface area contributed by atoms with E-state index in [4.69, 9.17) is 42.6 Å². The number of methoxy groups -OCH3 is 2. The molecule has 0 saturated heterocycles. The number of benzene rings is 1. The van der Waals surface area contributed by atoms with Crippen LogP contribution in [0.2, 0.25) is 0 Å². The van der Waals surface area contributed by atoms with Crippen LogP contribution < -0.4 is 10.1 Å². The van der Waals surface area contributed by atoms with E-state index in [1.165, 1.54) is 14.2 Å². The molecule has 18 nitrogen and oxygen atoms in total. The van der Waals surface area contributed by atoms with E-state index in [0.29, 0.717) is 129 Å². The molecule has 0 radical (unpaired) electrons. The predicted molar refractivity (Wildman–Crippen MR) is 247 cm³/mol. The molecule has 0 aliphatic carbocycles. The summed E-state index contributed by atoms with van der Waals surface area (Å²) < 4.78 is 49.5. The lowest BCUT2D eigenvalue weighted by molar-refractivity contribution is 0.0244. The zero-order chi connectivity index (χ0) is 47.0. The lowest BCUT2D eigenvalue weighted by Gasteiger charge is -2.22. The Bertz CT molecular complexity index is 1770. The van der Waals surface area contributed by atoms with Gasteiger partial charge in [-0.1, -0.05) is 12.1 Å². The molecule has 19 heteroatoms. The Morgan fingerprint density at radius 3 is 1.63 bits per heavy atom. The van der Waals surface area contributed by atoms with Crippen LogP contribution in [-0.2, 0) is 51.0 Å². The quantitative estimate of drug-likeness (QED) is 0.0455. The average Bonchev–Trinajstić information content (AvgIpc) is 3.29. The van der Waals surface area contributed by atoms with Crippen LogP contribution in [-0.4, -0.2) is 180 Å². The van der Waals surface area contributed by atoms with E-state index in [1.54, 1.807) is 48.5 Å². The number of thioether (sulfide) groups is 1. The smallest absolute Gasteiger partial charge is 0.412 e. The van der Waals surface area contributed by atoms with Gasteiger partial charge in [0.15, 0.2) is 0 Å². The minimum atomic E-state index is -0.564. The molecular weight excluding hydrogens is 863 g/mol. The van der Waals surface area contributed by atoms with E-state index in [9.17, 15) is 19.5 Å². The summed E-state index contributed by atoms with van der Waals surface area (Å²) in [5.41, 5.74) is 1.99. The predicted octanol–water partition coefficient (Wildman–Crippen LogP) is 4.98. The van der Waals surface area contributed by atoms with Crippen LogP contribution in [0.4, 0.5) is 10.5 Å². The molecule has 0 saturated carbocycles. The van der Waals surface area contributed by atoms with Crippen molar-refractivity contribution < 1.29 is 62.1 Å². The van der Waals surface area contributed by atoms with E-state index in [0.717, 1.165) is 23.6 Å². The molecule has 362 valence electrons. The first-order valence-corrected chi connectivity index (χ1v) is 23.0. The van der Waals surface area contributed by atoms with Gasteiger partial charge in [0.25, 0.3) is 0 Å². The molecule has 0 fully saturated rings. The highest BCUT2D eigenvalue weighted by atomic mass is 32.2. The topological polar surface area (TPSA) is 199 Å². The lowest BCUT2D eigenvalue weighted by Crippen LogP contribution is -2.32. The molecule has 2 heterocycles. The molecule has 3 rings (SSSR count). The van der Waals surface area contributed by atoms with E-state index in [2.05, 4.69) is 20.2 Å². The molecule has 1 amide bonds. The number of carbonyl (C=O) groups is 3. The number of hydrogen-bond donors (Lipinski definition) is 2. The molecular formula is C46H69N5O13S. The Hall–Kier alpha value is -4.44. The van der Waals surface area contributed by atoms with Crippen molar-refractivity contribution in [2.75, 3.05) is 137 Å². The van der Waals surface area contributed by atoms with E-state index in [1.807, 2.05) is 49.6 Å². The number of rotatable bonds is 35. The fraction of sp³-hybridized carbons (Fsp3) is 0.587. The molecule has 0 unspecified atom stereocenters. The van der Waals surface area contributed by atoms with Crippen LogP contribution >= 0.6 is 11.8 Å². The number of carbonyl (C=O) groups excluding carboxylic acids is 3. The number of ether oxygens (including phenoxy) is 9. The average molecular weight is 932 g/mol. The van der Waals surface area contributed by atoms with Crippen LogP contribution in [0.15, 0.2) is 60.7 Å². The Balaban J connectivity index is 1.23. The Labute approximate surface area is 387 Å². The van der Waals surface area contributed by atoms with Gasteiger partial charge in [-0.05, 0) is 81.5 Å². The highest BCUT2D eigenvalue weighted by molar-refractivity contribution is 7.99. The van der Waals surface area contributed by atoms with Crippen LogP contribution in [0, 0.1) is 0 Å². The zero-order valence-corrected chi connectivity index (χ0v) is 39.5. The first-order valence-electron chi connectivity index (χ1n) is 21.8. The molecule has 0 aliphatic heterocycles. The van der Waals surface area contributed by atoms with Gasteiger partial charge in [-0.3, -0.25) is 15.1 Å². The number of nitrogens with zero attached hydrogens (tertiary/aromatic N) is 4. The molecule has 65 heavy (non-hydrogen) atoms. The zero-order valence-electron chi connectivity index (χ0n) is 38.7. The third kappa shape index (κ3) is 25.7. The number of nitrogens with one attached hydrogen (secondary N) is 1. The van der Waals surface area contributed by atoms with Gasteiger partial charge in [0, 0.05) is 57.3 Å². The fourth-order valence-corrected chi connectivity index (χ4v) is 6.56. The second-order valence-electron chi connectivity index (χ2n) is 15.3. The number of amides is 1. The van der Waals surface area contributed by atoms with Crippen molar-refractivity contribution in [3.8, 4) is 5.75 Å². The largest absolute Gasteiger partial charge is 0.491 e. The maximum atomic E-state index is 12.1. The van der Waals surface area contributed by atoms with Gasteiger partial charge in [0.2, 0.25) is 0 Å². The van der Waals surface area contributed by atoms with Crippen molar-refractivity contribution >= 4 is 35.5 Å². The number of aromatic nitrogens is 2. The Kier molecular flexibility index (Phi) is 27.9. The van der Waals surface area contributed by atoms with Crippen molar-refractivity contribution in [2.24, 2.45) is 0 Å². The summed E-state index contributed by atoms with van der Waals surface area (Å²) >= 11 is 1.82. The van der Waals surface area contributed by atoms with Crippen LogP contribution in [0.5, 0.6) is 5.75 Å². The normalized spacial score (nSPS) is 11.5. The molecule has 2 N–H and O–H groups in total. The monoisotopic (exact) mass is 931 g/mol. The van der Waals surface area contributed by atoms with Gasteiger partial charge in [-0.2, -0.15) is 11.8 Å². The Morgan fingerprint density at radius 2 is 1.11 bits per heavy atom. The fourth-order valence-electron chi connectivity index (χ4n) is 5.80. The standard InChI is InChI=1S/C46H69N5O13S/c1-46(2,3)64-45(55)49-37-13-15-40(16-14-37)63-31-30-61-28-29-62-32-34-65-33-8-22-58-23-19-51(36-39-10-7-12-42(48-39)44(54)57-5)20-25-60-27-26-59-24-18-50(17-21-52)35-38-9-6-11-41(47-38)43(53)56-4/h6-7,9-16,52H,8,17-36H2,1-5H3,(H,49,55). The minimum absolute atomic E-state index is 0.0176. The second-order valence-corrected chi connectivity index (χ2v) is 16.5. The van der Waals surface area contributed by atoms with Gasteiger partial charge < -0.3 is 47.7 Å². The molecule has 0 bridgehead atoms. The molecule has 0 aliphatic rings. The van der Waals surface area contributed by atoms with Gasteiger partial charge in [-0.25, -0.2) is 24.4 Å². The molecule has 0 spiro atoms. The third-order valence-corrected chi connectivity index (χ3v) is 9.97. The molecule has 2 aromatic heterocycles. The first kappa shape index (κ1) is 54.9. The van der Waals surface area contributed by atoms with Crippen molar-refractivity contribution in [1.82, 2.24) is 19.8 Å². The third-order valence-electron chi connectivity index (χ3n) is 8.93. The first-order chi connectivity index (χ1) is 31.5. The van der Waals surface area contributed by atoms with Crippen LogP contribution in [0.25, 0.3) is 0 Å². The summed E-state index contributed by atoms with van der Waals surface area (Å²) in [5.74, 6) is 1.54. The number of hydrogen-bond acceptors (Lipinski definition) is 18. The number of pyridine rings is 2. The minimum Gasteiger partial charge on any atom is -0.491 e. The SMILES string of the molecule is COC(=O)c1cccc(CN(CCO)CCOCCOCCN(CCOCCCSCCOCCOCCOc2ccc(NC(=O)OC(C)(C)C)cc2)Cc2cccc(C(=O)OC)n2)n1. The number of aliphatic hydroxyl groups is 1. The maximum Gasteiger partial charge on any atom is 0.412 e. The lowest BCUT2D eigenvalue weighted by atomic mass is 10.2. The molecule has 1 aromatic carbocycles. The number of esters is 2. The Morgan fingerprint density at radius 1 is 0.615 bits per heavy atom. The van der Waals surface area contributed by atoms with Gasteiger partial charge >= 0.3 is 18.0 Å². The van der Waals surface area contributed by atoms with Gasteiger partial charge in [-0.15, -0.1) is 0 Å². The van der Waals surface area contributed by atoms with Crippen molar-refractivity contribution in [3.05, 3.63) is 83.4 Å². The summed E-state index contributed by atoms with van der Waals surface area (Å²) in [6.45, 7) is 14.0. The van der Waals surface area contributed by atoms with Crippen molar-refractivity contribution in [3.63, 3.8) is 0 Å². The number of aliphatic hydroxyl groups excluding tert-OH is 1. The summed E-state index contributed by atoms with van der Waals surface area (Å²) in [4.78, 5) is 48.8. The van der Waals surface area contributed by atoms with E-state index in [-0.39, 0.29) is 18.0 Å². The maximum absolute atomic E-state index is 12.1. The van der Waals surface area contributed by atoms with Crippen LogP contribution in [0.1, 0.15) is 59.6 Å². The molecule has 0 atom stereocenters. The van der Waals surface area contributed by atoms with Gasteiger partial charge in [0.05, 0.1) is 91.7 Å². The summed E-state index contributed by atoms with van der Waals surface area (Å²) in [6, 6.07) is 17.5. The van der Waals surface area contributed by atoms with Crippen LogP contribution in [0.3, 0.4) is 0 Å².